The highest BCUT2D eigenvalue weighted by Crippen LogP contribution is 2.25. The van der Waals surface area contributed by atoms with E-state index in [9.17, 15) is 22.8 Å². The maximum Gasteiger partial charge on any atom is 0.405 e. The highest BCUT2D eigenvalue weighted by atomic mass is 32.1. The first-order valence-corrected chi connectivity index (χ1v) is 5.08. The van der Waals surface area contributed by atoms with Gasteiger partial charge < -0.3 is 10.4 Å². The molecule has 94 valence electrons. The predicted molar refractivity (Wildman–Crippen MR) is 53.6 cm³/mol. The zero-order chi connectivity index (χ0) is 13.2. The summed E-state index contributed by atoms with van der Waals surface area (Å²) in [5.41, 5.74) is -0.535. The lowest BCUT2D eigenvalue weighted by atomic mass is 10.3. The Balaban J connectivity index is 2.93. The van der Waals surface area contributed by atoms with Crippen LogP contribution in [0.3, 0.4) is 0 Å². The Morgan fingerprint density at radius 1 is 1.47 bits per heavy atom. The first-order chi connectivity index (χ1) is 7.70. The number of carboxylic acids is 1. The SMILES string of the molecule is CC(=O)c1sc(NCC(F)(F)F)nc1C(=O)O. The monoisotopic (exact) mass is 268 g/mol. The van der Waals surface area contributed by atoms with E-state index in [1.165, 1.54) is 0 Å². The summed E-state index contributed by atoms with van der Waals surface area (Å²) in [4.78, 5) is 25.0. The Morgan fingerprint density at radius 2 is 2.06 bits per heavy atom. The van der Waals surface area contributed by atoms with Gasteiger partial charge in [0.2, 0.25) is 0 Å². The minimum Gasteiger partial charge on any atom is -0.476 e. The van der Waals surface area contributed by atoms with Gasteiger partial charge in [-0.3, -0.25) is 4.79 Å². The van der Waals surface area contributed by atoms with E-state index in [4.69, 9.17) is 5.11 Å². The molecule has 5 nitrogen and oxygen atoms in total. The molecule has 0 aromatic carbocycles. The van der Waals surface area contributed by atoms with E-state index in [1.54, 1.807) is 0 Å². The fourth-order valence-electron chi connectivity index (χ4n) is 0.955. The number of rotatable bonds is 4. The van der Waals surface area contributed by atoms with Crippen molar-refractivity contribution in [2.75, 3.05) is 11.9 Å². The second-order valence-electron chi connectivity index (χ2n) is 3.03. The third kappa shape index (κ3) is 3.70. The van der Waals surface area contributed by atoms with E-state index < -0.39 is 30.2 Å². The number of Topliss-reactive ketones (excluding diaryl/α,β-unsaturated/α-hetero) is 1. The van der Waals surface area contributed by atoms with Crippen LogP contribution in [-0.2, 0) is 0 Å². The van der Waals surface area contributed by atoms with E-state index >= 15 is 0 Å². The van der Waals surface area contributed by atoms with Gasteiger partial charge in [0, 0.05) is 6.92 Å². The van der Waals surface area contributed by atoms with Gasteiger partial charge in [-0.05, 0) is 0 Å². The number of hydrogen-bond donors (Lipinski definition) is 2. The maximum atomic E-state index is 11.9. The highest BCUT2D eigenvalue weighted by molar-refractivity contribution is 7.17. The van der Waals surface area contributed by atoms with E-state index in [-0.39, 0.29) is 10.0 Å². The highest BCUT2D eigenvalue weighted by Gasteiger charge is 2.28. The molecule has 0 aliphatic heterocycles. The van der Waals surface area contributed by atoms with Crippen molar-refractivity contribution in [3.63, 3.8) is 0 Å². The number of thiazole rings is 1. The normalized spacial score (nSPS) is 11.3. The molecule has 0 unspecified atom stereocenters. The number of aromatic carboxylic acids is 1. The Hall–Kier alpha value is -1.64. The molecule has 1 heterocycles. The van der Waals surface area contributed by atoms with Gasteiger partial charge in [0.1, 0.15) is 11.4 Å². The first kappa shape index (κ1) is 13.4. The standard InChI is InChI=1S/C8H7F3N2O3S/c1-3(14)5-4(6(15)16)13-7(17-5)12-2-8(9,10)11/h2H2,1H3,(H,12,13)(H,15,16). The molecule has 17 heavy (non-hydrogen) atoms. The molecule has 0 saturated heterocycles. The molecule has 1 aromatic rings. The molecule has 0 atom stereocenters. The van der Waals surface area contributed by atoms with Crippen LogP contribution in [0.4, 0.5) is 18.3 Å². The third-order valence-corrected chi connectivity index (χ3v) is 2.70. The van der Waals surface area contributed by atoms with Crippen LogP contribution < -0.4 is 5.32 Å². The van der Waals surface area contributed by atoms with Crippen LogP contribution in [0, 0.1) is 0 Å². The molecule has 1 rings (SSSR count). The van der Waals surface area contributed by atoms with Crippen LogP contribution in [-0.4, -0.2) is 34.6 Å². The molecular weight excluding hydrogens is 261 g/mol. The molecule has 1 aromatic heterocycles. The number of hydrogen-bond acceptors (Lipinski definition) is 5. The van der Waals surface area contributed by atoms with Crippen LogP contribution in [0.1, 0.15) is 27.1 Å². The number of nitrogens with one attached hydrogen (secondary N) is 1. The summed E-state index contributed by atoms with van der Waals surface area (Å²) in [5.74, 6) is -2.01. The first-order valence-electron chi connectivity index (χ1n) is 4.26. The van der Waals surface area contributed by atoms with Gasteiger partial charge in [0.15, 0.2) is 16.6 Å². The minimum atomic E-state index is -4.44. The predicted octanol–water partition coefficient (Wildman–Crippen LogP) is 2.02. The summed E-state index contributed by atoms with van der Waals surface area (Å²) in [6.45, 7) is -0.218. The average Bonchev–Trinajstić information content (AvgIpc) is 2.57. The molecule has 0 aliphatic carbocycles. The fraction of sp³-hybridized carbons (Fsp3) is 0.375. The summed E-state index contributed by atoms with van der Waals surface area (Å²) in [5, 5.41) is 10.4. The van der Waals surface area contributed by atoms with Gasteiger partial charge >= 0.3 is 12.1 Å². The van der Waals surface area contributed by atoms with Gasteiger partial charge in [-0.15, -0.1) is 0 Å². The molecule has 0 saturated carbocycles. The molecule has 0 amide bonds. The lowest BCUT2D eigenvalue weighted by Gasteiger charge is -2.05. The smallest absolute Gasteiger partial charge is 0.405 e. The van der Waals surface area contributed by atoms with Crippen molar-refractivity contribution in [2.45, 2.75) is 13.1 Å². The Bertz CT molecular complexity index is 424. The van der Waals surface area contributed by atoms with Crippen molar-refractivity contribution < 1.29 is 27.9 Å². The lowest BCUT2D eigenvalue weighted by molar-refractivity contribution is -0.115. The number of halogens is 3. The molecule has 2 N–H and O–H groups in total. The number of anilines is 1. The maximum absolute atomic E-state index is 11.9. The minimum absolute atomic E-state index is 0.179. The van der Waals surface area contributed by atoms with Crippen LogP contribution >= 0.6 is 11.3 Å². The van der Waals surface area contributed by atoms with Gasteiger partial charge in [0.05, 0.1) is 0 Å². The van der Waals surface area contributed by atoms with Crippen molar-refractivity contribution >= 4 is 28.2 Å². The lowest BCUT2D eigenvalue weighted by Crippen LogP contribution is -2.21. The van der Waals surface area contributed by atoms with Gasteiger partial charge in [-0.25, -0.2) is 9.78 Å². The van der Waals surface area contributed by atoms with Crippen LogP contribution in [0.2, 0.25) is 0 Å². The second-order valence-corrected chi connectivity index (χ2v) is 4.03. The Labute approximate surface area is 97.3 Å². The number of carbonyl (C=O) groups excluding carboxylic acids is 1. The fourth-order valence-corrected chi connectivity index (χ4v) is 1.80. The van der Waals surface area contributed by atoms with Crippen molar-refractivity contribution in [3.05, 3.63) is 10.6 Å². The van der Waals surface area contributed by atoms with Gasteiger partial charge in [0.25, 0.3) is 0 Å². The largest absolute Gasteiger partial charge is 0.476 e. The molecule has 0 spiro atoms. The third-order valence-electron chi connectivity index (χ3n) is 1.59. The van der Waals surface area contributed by atoms with E-state index in [2.05, 4.69) is 4.98 Å². The van der Waals surface area contributed by atoms with Crippen molar-refractivity contribution in [3.8, 4) is 0 Å². The molecule has 0 bridgehead atoms. The molecule has 0 fully saturated rings. The average molecular weight is 268 g/mol. The Kier molecular flexibility index (Phi) is 3.71. The van der Waals surface area contributed by atoms with Crippen molar-refractivity contribution in [2.24, 2.45) is 0 Å². The molecular formula is C8H7F3N2O3S. The number of carbonyl (C=O) groups is 2. The number of nitrogens with zero attached hydrogens (tertiary/aromatic N) is 1. The molecule has 0 aliphatic rings. The summed E-state index contributed by atoms with van der Waals surface area (Å²) < 4.78 is 35.7. The zero-order valence-electron chi connectivity index (χ0n) is 8.46. The van der Waals surface area contributed by atoms with E-state index in [1.807, 2.05) is 5.32 Å². The topological polar surface area (TPSA) is 79.3 Å². The second kappa shape index (κ2) is 4.70. The number of alkyl halides is 3. The van der Waals surface area contributed by atoms with Crippen molar-refractivity contribution in [1.29, 1.82) is 0 Å². The van der Waals surface area contributed by atoms with Gasteiger partial charge in [-0.1, -0.05) is 11.3 Å². The summed E-state index contributed by atoms with van der Waals surface area (Å²) in [7, 11) is 0. The quantitative estimate of drug-likeness (QED) is 0.817. The summed E-state index contributed by atoms with van der Waals surface area (Å²) in [6.07, 6.45) is -4.44. The van der Waals surface area contributed by atoms with Crippen LogP contribution in [0.15, 0.2) is 0 Å². The van der Waals surface area contributed by atoms with Crippen LogP contribution in [0.25, 0.3) is 0 Å². The zero-order valence-corrected chi connectivity index (χ0v) is 9.28. The van der Waals surface area contributed by atoms with Gasteiger partial charge in [-0.2, -0.15) is 13.2 Å². The summed E-state index contributed by atoms with van der Waals surface area (Å²) in [6, 6.07) is 0. The van der Waals surface area contributed by atoms with E-state index in [0.29, 0.717) is 11.3 Å². The number of carboxylic acid groups (broad SMARTS) is 1. The molecule has 9 heteroatoms. The molecule has 0 radical (unpaired) electrons. The number of aromatic nitrogens is 1. The van der Waals surface area contributed by atoms with E-state index in [0.717, 1.165) is 6.92 Å². The summed E-state index contributed by atoms with van der Waals surface area (Å²) >= 11 is 0.584. The Morgan fingerprint density at radius 3 is 2.41 bits per heavy atom. The van der Waals surface area contributed by atoms with Crippen LogP contribution in [0.5, 0.6) is 0 Å². The number of ketones is 1. The van der Waals surface area contributed by atoms with Crippen molar-refractivity contribution in [1.82, 2.24) is 4.98 Å².